The summed E-state index contributed by atoms with van der Waals surface area (Å²) in [6.07, 6.45) is 0.324. The normalized spacial score (nSPS) is 12.8. The molecule has 0 aliphatic rings. The molecule has 0 spiro atoms. The lowest BCUT2D eigenvalue weighted by Crippen LogP contribution is -2.12. The summed E-state index contributed by atoms with van der Waals surface area (Å²) in [5.74, 6) is 0.706. The van der Waals surface area contributed by atoms with Crippen LogP contribution in [0, 0.1) is 11.6 Å². The summed E-state index contributed by atoms with van der Waals surface area (Å²) in [5, 5.41) is 9.65. The van der Waals surface area contributed by atoms with Crippen molar-refractivity contribution >= 4 is 11.8 Å². The molecule has 0 bridgehead atoms. The number of hydrogen-bond acceptors (Lipinski definition) is 2. The first-order chi connectivity index (χ1) is 7.63. The first-order valence-corrected chi connectivity index (χ1v) is 6.48. The third-order valence-electron chi connectivity index (χ3n) is 2.27. The van der Waals surface area contributed by atoms with Gasteiger partial charge in [0.25, 0.3) is 0 Å². The fourth-order valence-electron chi connectivity index (χ4n) is 1.41. The third-order valence-corrected chi connectivity index (χ3v) is 3.20. The molecule has 1 N–H and O–H groups in total. The van der Waals surface area contributed by atoms with Gasteiger partial charge in [-0.2, -0.15) is 11.8 Å². The van der Waals surface area contributed by atoms with Crippen LogP contribution in [0.2, 0.25) is 0 Å². The molecule has 0 saturated carbocycles. The molecule has 0 radical (unpaired) electrons. The van der Waals surface area contributed by atoms with Gasteiger partial charge in [0.05, 0.1) is 6.10 Å². The van der Waals surface area contributed by atoms with Crippen molar-refractivity contribution in [2.75, 3.05) is 11.5 Å². The number of rotatable bonds is 6. The minimum Gasteiger partial charge on any atom is -0.393 e. The van der Waals surface area contributed by atoms with Crippen LogP contribution >= 0.6 is 11.8 Å². The number of aliphatic hydroxyl groups is 1. The van der Waals surface area contributed by atoms with Crippen LogP contribution in [-0.4, -0.2) is 22.7 Å². The minimum atomic E-state index is -0.586. The van der Waals surface area contributed by atoms with Gasteiger partial charge in [0.1, 0.15) is 11.6 Å². The SMILES string of the molecule is CCSCCC(O)Cc1ccc(F)cc1F. The van der Waals surface area contributed by atoms with Crippen LogP contribution < -0.4 is 0 Å². The first kappa shape index (κ1) is 13.5. The third kappa shape index (κ3) is 4.49. The maximum Gasteiger partial charge on any atom is 0.129 e. The van der Waals surface area contributed by atoms with Gasteiger partial charge in [-0.1, -0.05) is 13.0 Å². The Kier molecular flexibility index (Phi) is 5.77. The summed E-state index contributed by atoms with van der Waals surface area (Å²) < 4.78 is 25.9. The second-order valence-corrected chi connectivity index (χ2v) is 4.97. The van der Waals surface area contributed by atoms with Crippen LogP contribution in [0.15, 0.2) is 18.2 Å². The van der Waals surface area contributed by atoms with Crippen molar-refractivity contribution < 1.29 is 13.9 Å². The average molecular weight is 246 g/mol. The van der Waals surface area contributed by atoms with Crippen molar-refractivity contribution in [3.8, 4) is 0 Å². The highest BCUT2D eigenvalue weighted by Gasteiger charge is 2.09. The Bertz CT molecular complexity index is 331. The van der Waals surface area contributed by atoms with Gasteiger partial charge >= 0.3 is 0 Å². The molecule has 0 heterocycles. The summed E-state index contributed by atoms with van der Waals surface area (Å²) in [6.45, 7) is 2.05. The molecule has 0 amide bonds. The molecule has 1 atom stereocenters. The van der Waals surface area contributed by atoms with Crippen molar-refractivity contribution in [1.82, 2.24) is 0 Å². The van der Waals surface area contributed by atoms with Crippen LogP contribution in [0.5, 0.6) is 0 Å². The maximum atomic E-state index is 13.2. The van der Waals surface area contributed by atoms with Gasteiger partial charge in [-0.3, -0.25) is 0 Å². The van der Waals surface area contributed by atoms with E-state index in [-0.39, 0.29) is 6.42 Å². The molecule has 1 aromatic carbocycles. The van der Waals surface area contributed by atoms with E-state index in [1.54, 1.807) is 11.8 Å². The molecular formula is C12H16F2OS. The van der Waals surface area contributed by atoms with E-state index >= 15 is 0 Å². The highest BCUT2D eigenvalue weighted by atomic mass is 32.2. The summed E-state index contributed by atoms with van der Waals surface area (Å²) in [7, 11) is 0. The minimum absolute atomic E-state index is 0.246. The summed E-state index contributed by atoms with van der Waals surface area (Å²) in [5.41, 5.74) is 0.371. The molecule has 1 unspecified atom stereocenters. The van der Waals surface area contributed by atoms with Gasteiger partial charge in [-0.05, 0) is 29.6 Å². The van der Waals surface area contributed by atoms with Crippen LogP contribution in [0.1, 0.15) is 18.9 Å². The molecule has 16 heavy (non-hydrogen) atoms. The van der Waals surface area contributed by atoms with E-state index in [0.29, 0.717) is 12.0 Å². The summed E-state index contributed by atoms with van der Waals surface area (Å²) in [6, 6.07) is 3.45. The number of aliphatic hydroxyl groups excluding tert-OH is 1. The van der Waals surface area contributed by atoms with E-state index in [1.807, 2.05) is 0 Å². The molecule has 0 aliphatic heterocycles. The zero-order chi connectivity index (χ0) is 12.0. The second kappa shape index (κ2) is 6.86. The molecule has 0 fully saturated rings. The predicted octanol–water partition coefficient (Wildman–Crippen LogP) is 3.01. The first-order valence-electron chi connectivity index (χ1n) is 5.33. The van der Waals surface area contributed by atoms with Gasteiger partial charge < -0.3 is 5.11 Å². The van der Waals surface area contributed by atoms with E-state index in [4.69, 9.17) is 0 Å². The smallest absolute Gasteiger partial charge is 0.129 e. The Morgan fingerprint density at radius 1 is 1.38 bits per heavy atom. The molecule has 0 aromatic heterocycles. The Balaban J connectivity index is 2.46. The zero-order valence-corrected chi connectivity index (χ0v) is 10.1. The van der Waals surface area contributed by atoms with Crippen LogP contribution in [-0.2, 0) is 6.42 Å². The molecule has 90 valence electrons. The van der Waals surface area contributed by atoms with Gasteiger partial charge in [0, 0.05) is 12.5 Å². The summed E-state index contributed by atoms with van der Waals surface area (Å²) in [4.78, 5) is 0. The van der Waals surface area contributed by atoms with Crippen LogP contribution in [0.4, 0.5) is 8.78 Å². The van der Waals surface area contributed by atoms with Gasteiger partial charge in [0.15, 0.2) is 0 Å². The predicted molar refractivity (Wildman–Crippen MR) is 63.7 cm³/mol. The number of benzene rings is 1. The van der Waals surface area contributed by atoms with Gasteiger partial charge in [0.2, 0.25) is 0 Å². The lowest BCUT2D eigenvalue weighted by Gasteiger charge is -2.10. The Labute approximate surface area is 98.9 Å². The van der Waals surface area contributed by atoms with Crippen molar-refractivity contribution in [1.29, 1.82) is 0 Å². The van der Waals surface area contributed by atoms with Gasteiger partial charge in [-0.15, -0.1) is 0 Å². The highest BCUT2D eigenvalue weighted by Crippen LogP contribution is 2.14. The van der Waals surface area contributed by atoms with Crippen molar-refractivity contribution in [2.24, 2.45) is 0 Å². The molecule has 1 rings (SSSR count). The van der Waals surface area contributed by atoms with E-state index in [9.17, 15) is 13.9 Å². The largest absolute Gasteiger partial charge is 0.393 e. The molecule has 1 nitrogen and oxygen atoms in total. The van der Waals surface area contributed by atoms with E-state index in [1.165, 1.54) is 12.1 Å². The summed E-state index contributed by atoms with van der Waals surface area (Å²) >= 11 is 1.74. The Morgan fingerprint density at radius 3 is 2.75 bits per heavy atom. The van der Waals surface area contributed by atoms with Gasteiger partial charge in [-0.25, -0.2) is 8.78 Å². The van der Waals surface area contributed by atoms with E-state index < -0.39 is 17.7 Å². The molecule has 0 saturated heterocycles. The quantitative estimate of drug-likeness (QED) is 0.779. The molecule has 0 aliphatic carbocycles. The number of thioether (sulfide) groups is 1. The van der Waals surface area contributed by atoms with Crippen molar-refractivity contribution in [2.45, 2.75) is 25.9 Å². The Hall–Kier alpha value is -0.610. The molecular weight excluding hydrogens is 230 g/mol. The lowest BCUT2D eigenvalue weighted by atomic mass is 10.1. The number of halogens is 2. The van der Waals surface area contributed by atoms with Crippen molar-refractivity contribution in [3.63, 3.8) is 0 Å². The fourth-order valence-corrected chi connectivity index (χ4v) is 2.13. The molecule has 1 aromatic rings. The monoisotopic (exact) mass is 246 g/mol. The topological polar surface area (TPSA) is 20.2 Å². The fraction of sp³-hybridized carbons (Fsp3) is 0.500. The van der Waals surface area contributed by atoms with Crippen LogP contribution in [0.3, 0.4) is 0 Å². The van der Waals surface area contributed by atoms with Crippen molar-refractivity contribution in [3.05, 3.63) is 35.4 Å². The Morgan fingerprint density at radius 2 is 2.12 bits per heavy atom. The van der Waals surface area contributed by atoms with Crippen LogP contribution in [0.25, 0.3) is 0 Å². The maximum absolute atomic E-state index is 13.2. The standard InChI is InChI=1S/C12H16F2OS/c1-2-16-6-5-11(15)7-9-3-4-10(13)8-12(9)14/h3-4,8,11,15H,2,5-7H2,1H3. The zero-order valence-electron chi connectivity index (χ0n) is 9.25. The van der Waals surface area contributed by atoms with E-state index in [2.05, 4.69) is 6.92 Å². The second-order valence-electron chi connectivity index (χ2n) is 3.58. The number of hydrogen-bond donors (Lipinski definition) is 1. The lowest BCUT2D eigenvalue weighted by molar-refractivity contribution is 0.171. The average Bonchev–Trinajstić information content (AvgIpc) is 2.23. The van der Waals surface area contributed by atoms with E-state index in [0.717, 1.165) is 17.6 Å². The molecule has 4 heteroatoms. The highest BCUT2D eigenvalue weighted by molar-refractivity contribution is 7.99.